The van der Waals surface area contributed by atoms with Crippen molar-refractivity contribution in [2.24, 2.45) is 0 Å². The maximum Gasteiger partial charge on any atom is 1.00 e. The van der Waals surface area contributed by atoms with Crippen molar-refractivity contribution in [2.45, 2.75) is 121 Å². The number of unbranched alkanes of at least 4 members (excludes halogenated alkanes) is 15. The molecule has 32 heavy (non-hydrogen) atoms. The summed E-state index contributed by atoms with van der Waals surface area (Å²) in [4.78, 5) is -1.60. The summed E-state index contributed by atoms with van der Waals surface area (Å²) < 4.78 is 35.8. The van der Waals surface area contributed by atoms with Crippen LogP contribution in [0.15, 0.2) is 24.3 Å². The van der Waals surface area contributed by atoms with Crippen molar-refractivity contribution in [2.75, 3.05) is 10.6 Å². The van der Waals surface area contributed by atoms with Gasteiger partial charge in [0.05, 0.1) is 11.4 Å². The molecule has 5 nitrogen and oxygen atoms in total. The number of nitrogens with one attached hydrogen (secondary N) is 2. The van der Waals surface area contributed by atoms with Crippen LogP contribution in [0.3, 0.4) is 0 Å². The van der Waals surface area contributed by atoms with Gasteiger partial charge in [0, 0.05) is 6.42 Å². The van der Waals surface area contributed by atoms with Gasteiger partial charge < -0.3 is 15.2 Å². The van der Waals surface area contributed by atoms with Gasteiger partial charge in [-0.15, -0.1) is 0 Å². The van der Waals surface area contributed by atoms with Gasteiger partial charge >= 0.3 is 51.4 Å². The minimum Gasteiger partial charge on any atom is -0.745 e. The molecule has 0 atom stereocenters. The smallest absolute Gasteiger partial charge is 0.745 e. The molecule has 0 fully saturated rings. The van der Waals surface area contributed by atoms with Gasteiger partial charge in [-0.2, -0.15) is 0 Å². The summed E-state index contributed by atoms with van der Waals surface area (Å²) in [5.74, 6) is 0. The largest absolute Gasteiger partial charge is 1.00 e. The van der Waals surface area contributed by atoms with E-state index in [-0.39, 0.29) is 57.8 Å². The van der Waals surface area contributed by atoms with Gasteiger partial charge in [0.1, 0.15) is 10.1 Å². The first-order valence-corrected chi connectivity index (χ1v) is 14.0. The SMILES string of the molecule is CCCCCCCCCCCCCCCCCCC1(S(=O)(=O)[O-])Nc2ccccc2N1.[K+]. The Balaban J connectivity index is 0.00000512. The standard InChI is InChI=1S/C25H44N2O3S.K/c1-2-3-4-5-6-7-8-9-10-11-12-13-14-15-16-19-22-25(31(28,29)30)26-23-20-17-18-21-24(23)27-25;/h17-18,20-21,26-27H,2-16,19,22H2,1H3,(H,28,29,30);/q;+1/p-1. The summed E-state index contributed by atoms with van der Waals surface area (Å²) in [5, 5.41) is 5.86. The van der Waals surface area contributed by atoms with Crippen LogP contribution in [0.25, 0.3) is 0 Å². The number of hydrogen-bond donors (Lipinski definition) is 2. The third-order valence-corrected chi connectivity index (χ3v) is 7.67. The second-order valence-corrected chi connectivity index (χ2v) is 10.7. The molecule has 1 aromatic carbocycles. The van der Waals surface area contributed by atoms with Crippen LogP contribution in [0, 0.1) is 0 Å². The van der Waals surface area contributed by atoms with Crippen LogP contribution in [0.4, 0.5) is 11.4 Å². The number of para-hydroxylation sites is 2. The molecule has 0 saturated carbocycles. The molecule has 0 saturated heterocycles. The van der Waals surface area contributed by atoms with E-state index in [2.05, 4.69) is 17.6 Å². The molecule has 7 heteroatoms. The first-order valence-electron chi connectivity index (χ1n) is 12.6. The Bertz CT molecular complexity index is 703. The van der Waals surface area contributed by atoms with Crippen LogP contribution >= 0.6 is 0 Å². The van der Waals surface area contributed by atoms with E-state index in [1.807, 2.05) is 12.1 Å². The van der Waals surface area contributed by atoms with Gasteiger partial charge in [-0.05, 0) is 18.6 Å². The minimum atomic E-state index is -4.52. The van der Waals surface area contributed by atoms with E-state index < -0.39 is 15.1 Å². The van der Waals surface area contributed by atoms with Crippen LogP contribution in [0.5, 0.6) is 0 Å². The maximum absolute atomic E-state index is 11.9. The van der Waals surface area contributed by atoms with Crippen molar-refractivity contribution >= 4 is 21.5 Å². The number of fused-ring (bicyclic) bond motifs is 1. The zero-order valence-electron chi connectivity index (χ0n) is 20.5. The molecule has 1 aliphatic heterocycles. The molecule has 1 aliphatic rings. The monoisotopic (exact) mass is 490 g/mol. The van der Waals surface area contributed by atoms with Crippen LogP contribution in [0.2, 0.25) is 0 Å². The molecule has 0 aromatic heterocycles. The molecule has 2 N–H and O–H groups in total. The van der Waals surface area contributed by atoms with E-state index in [9.17, 15) is 13.0 Å². The first-order chi connectivity index (χ1) is 15.0. The molecular formula is C25H43KN2O3S. The molecule has 0 amide bonds. The molecule has 0 radical (unpaired) electrons. The average Bonchev–Trinajstić information content (AvgIpc) is 3.13. The van der Waals surface area contributed by atoms with E-state index in [4.69, 9.17) is 0 Å². The van der Waals surface area contributed by atoms with Gasteiger partial charge in [0.25, 0.3) is 0 Å². The summed E-state index contributed by atoms with van der Waals surface area (Å²) in [6, 6.07) is 7.25. The second-order valence-electron chi connectivity index (χ2n) is 9.13. The van der Waals surface area contributed by atoms with Gasteiger partial charge in [0.2, 0.25) is 4.99 Å². The fourth-order valence-corrected chi connectivity index (χ4v) is 5.33. The summed E-state index contributed by atoms with van der Waals surface area (Å²) in [5.41, 5.74) is 1.36. The van der Waals surface area contributed by atoms with E-state index >= 15 is 0 Å². The van der Waals surface area contributed by atoms with Crippen molar-refractivity contribution in [3.63, 3.8) is 0 Å². The Morgan fingerprint density at radius 1 is 0.688 bits per heavy atom. The number of benzene rings is 1. The zero-order chi connectivity index (χ0) is 22.4. The molecule has 0 unspecified atom stereocenters. The molecule has 0 spiro atoms. The van der Waals surface area contributed by atoms with Gasteiger partial charge in [-0.3, -0.25) is 0 Å². The number of hydrogen-bond acceptors (Lipinski definition) is 5. The van der Waals surface area contributed by atoms with Crippen LogP contribution in [-0.2, 0) is 10.1 Å². The average molecular weight is 491 g/mol. The van der Waals surface area contributed by atoms with E-state index in [1.165, 1.54) is 83.5 Å². The summed E-state index contributed by atoms with van der Waals surface area (Å²) in [6.45, 7) is 2.27. The molecule has 0 bridgehead atoms. The van der Waals surface area contributed by atoms with Gasteiger partial charge in [-0.1, -0.05) is 115 Å². The third kappa shape index (κ3) is 10.7. The van der Waals surface area contributed by atoms with Gasteiger partial charge in [-0.25, -0.2) is 8.42 Å². The fourth-order valence-electron chi connectivity index (χ4n) is 4.46. The van der Waals surface area contributed by atoms with Crippen molar-refractivity contribution in [3.05, 3.63) is 24.3 Å². The normalized spacial score (nSPS) is 14.3. The molecule has 178 valence electrons. The molecule has 1 heterocycles. The second kappa shape index (κ2) is 16.9. The van der Waals surface area contributed by atoms with Crippen molar-refractivity contribution < 1.29 is 64.4 Å². The van der Waals surface area contributed by atoms with Crippen molar-refractivity contribution in [1.29, 1.82) is 0 Å². The Labute approximate surface area is 239 Å². The fraction of sp³-hybridized carbons (Fsp3) is 0.760. The van der Waals surface area contributed by atoms with Crippen molar-refractivity contribution in [1.82, 2.24) is 0 Å². The quantitative estimate of drug-likeness (QED) is 0.181. The summed E-state index contributed by atoms with van der Waals surface area (Å²) >= 11 is 0. The number of rotatable bonds is 18. The summed E-state index contributed by atoms with van der Waals surface area (Å²) in [6.07, 6.45) is 20.6. The Morgan fingerprint density at radius 3 is 1.38 bits per heavy atom. The molecule has 2 rings (SSSR count). The van der Waals surface area contributed by atoms with E-state index in [0.29, 0.717) is 17.8 Å². The minimum absolute atomic E-state index is 0. The van der Waals surface area contributed by atoms with Crippen LogP contribution in [-0.4, -0.2) is 18.0 Å². The van der Waals surface area contributed by atoms with Crippen molar-refractivity contribution in [3.8, 4) is 0 Å². The Morgan fingerprint density at radius 2 is 1.03 bits per heavy atom. The first kappa shape index (κ1) is 30.4. The van der Waals surface area contributed by atoms with Crippen LogP contribution < -0.4 is 62.0 Å². The predicted molar refractivity (Wildman–Crippen MR) is 130 cm³/mol. The molecule has 0 aliphatic carbocycles. The Kier molecular flexibility index (Phi) is 16.1. The van der Waals surface area contributed by atoms with E-state index in [0.717, 1.165) is 12.8 Å². The topological polar surface area (TPSA) is 81.3 Å². The molecular weight excluding hydrogens is 447 g/mol. The summed E-state index contributed by atoms with van der Waals surface area (Å²) in [7, 11) is -4.52. The van der Waals surface area contributed by atoms with Crippen LogP contribution in [0.1, 0.15) is 116 Å². The molecule has 1 aromatic rings. The zero-order valence-corrected chi connectivity index (χ0v) is 24.4. The van der Waals surface area contributed by atoms with Gasteiger partial charge in [0.15, 0.2) is 0 Å². The maximum atomic E-state index is 11.9. The predicted octanol–water partition coefficient (Wildman–Crippen LogP) is 4.38. The number of anilines is 2. The third-order valence-electron chi connectivity index (χ3n) is 6.41. The van der Waals surface area contributed by atoms with E-state index in [1.54, 1.807) is 12.1 Å². The Hall–Kier alpha value is 0.366.